The van der Waals surface area contributed by atoms with Crippen molar-refractivity contribution in [3.05, 3.63) is 72.1 Å². The molecule has 0 aliphatic heterocycles. The molecular formula is C19H18N2O2. The first-order valence-corrected chi connectivity index (χ1v) is 7.33. The van der Waals surface area contributed by atoms with E-state index >= 15 is 0 Å². The van der Waals surface area contributed by atoms with Gasteiger partial charge in [0.05, 0.1) is 24.7 Å². The van der Waals surface area contributed by atoms with Crippen molar-refractivity contribution in [1.29, 1.82) is 0 Å². The third kappa shape index (κ3) is 3.26. The van der Waals surface area contributed by atoms with Crippen LogP contribution in [0.5, 0.6) is 11.5 Å². The fourth-order valence-corrected chi connectivity index (χ4v) is 2.42. The van der Waals surface area contributed by atoms with Crippen LogP contribution in [-0.4, -0.2) is 23.0 Å². The van der Waals surface area contributed by atoms with E-state index in [0.29, 0.717) is 0 Å². The first-order chi connectivity index (χ1) is 11.2. The Morgan fingerprint density at radius 1 is 0.957 bits per heavy atom. The molecule has 4 heteroatoms. The number of ether oxygens (including phenoxy) is 1. The van der Waals surface area contributed by atoms with Crippen LogP contribution < -0.4 is 4.74 Å². The lowest BCUT2D eigenvalue weighted by Gasteiger charge is -2.10. The summed E-state index contributed by atoms with van der Waals surface area (Å²) in [6, 6.07) is 18.8. The van der Waals surface area contributed by atoms with E-state index in [-0.39, 0.29) is 5.75 Å². The highest BCUT2D eigenvalue weighted by molar-refractivity contribution is 5.81. The largest absolute Gasteiger partial charge is 0.508 e. The molecule has 0 saturated carbocycles. The van der Waals surface area contributed by atoms with Crippen LogP contribution >= 0.6 is 0 Å². The van der Waals surface area contributed by atoms with Gasteiger partial charge in [-0.1, -0.05) is 0 Å². The monoisotopic (exact) mass is 306 g/mol. The van der Waals surface area contributed by atoms with Gasteiger partial charge in [-0.25, -0.2) is 0 Å². The molecule has 3 aromatic rings. The second kappa shape index (κ2) is 6.40. The minimum Gasteiger partial charge on any atom is -0.508 e. The SMILES string of the molecule is COc1ccc(-n2c(C)ccc2C=Nc2ccc(O)cc2)cc1. The third-order valence-electron chi connectivity index (χ3n) is 3.63. The molecule has 0 saturated heterocycles. The summed E-state index contributed by atoms with van der Waals surface area (Å²) in [5.74, 6) is 1.07. The molecule has 1 aromatic heterocycles. The van der Waals surface area contributed by atoms with Crippen molar-refractivity contribution in [2.45, 2.75) is 6.92 Å². The third-order valence-corrected chi connectivity index (χ3v) is 3.63. The Kier molecular flexibility index (Phi) is 4.15. The molecule has 0 fully saturated rings. The molecule has 116 valence electrons. The summed E-state index contributed by atoms with van der Waals surface area (Å²) < 4.78 is 7.33. The van der Waals surface area contributed by atoms with E-state index in [0.717, 1.165) is 28.5 Å². The van der Waals surface area contributed by atoms with Gasteiger partial charge in [-0.3, -0.25) is 4.99 Å². The Morgan fingerprint density at radius 3 is 2.30 bits per heavy atom. The van der Waals surface area contributed by atoms with Crippen LogP contribution in [0.1, 0.15) is 11.4 Å². The van der Waals surface area contributed by atoms with Gasteiger partial charge >= 0.3 is 0 Å². The molecule has 4 nitrogen and oxygen atoms in total. The second-order valence-corrected chi connectivity index (χ2v) is 5.21. The number of phenolic OH excluding ortho intramolecular Hbond substituents is 1. The fourth-order valence-electron chi connectivity index (χ4n) is 2.42. The molecule has 0 atom stereocenters. The Morgan fingerprint density at radius 2 is 1.65 bits per heavy atom. The summed E-state index contributed by atoms with van der Waals surface area (Å²) in [5.41, 5.74) is 3.96. The average molecular weight is 306 g/mol. The average Bonchev–Trinajstić information content (AvgIpc) is 2.95. The van der Waals surface area contributed by atoms with Crippen LogP contribution in [0.4, 0.5) is 5.69 Å². The first-order valence-electron chi connectivity index (χ1n) is 7.33. The molecule has 2 aromatic carbocycles. The number of phenols is 1. The number of aromatic hydroxyl groups is 1. The molecule has 0 unspecified atom stereocenters. The number of benzene rings is 2. The van der Waals surface area contributed by atoms with Gasteiger partial charge in [0.2, 0.25) is 0 Å². The van der Waals surface area contributed by atoms with Crippen LogP contribution in [0.25, 0.3) is 5.69 Å². The lowest BCUT2D eigenvalue weighted by Crippen LogP contribution is -2.01. The van der Waals surface area contributed by atoms with Crippen molar-refractivity contribution < 1.29 is 9.84 Å². The predicted octanol–water partition coefficient (Wildman–Crippen LogP) is 4.25. The Hall–Kier alpha value is -3.01. The van der Waals surface area contributed by atoms with Crippen LogP contribution in [0.15, 0.2) is 65.7 Å². The van der Waals surface area contributed by atoms with Crippen molar-refractivity contribution >= 4 is 11.9 Å². The molecule has 0 amide bonds. The summed E-state index contributed by atoms with van der Waals surface area (Å²) in [7, 11) is 1.66. The number of aromatic nitrogens is 1. The van der Waals surface area contributed by atoms with Crippen LogP contribution in [0.2, 0.25) is 0 Å². The second-order valence-electron chi connectivity index (χ2n) is 5.21. The highest BCUT2D eigenvalue weighted by atomic mass is 16.5. The van der Waals surface area contributed by atoms with Gasteiger partial charge in [-0.2, -0.15) is 0 Å². The molecule has 1 N–H and O–H groups in total. The molecule has 0 aliphatic rings. The summed E-state index contributed by atoms with van der Waals surface area (Å²) in [6.07, 6.45) is 1.82. The molecule has 0 spiro atoms. The van der Waals surface area contributed by atoms with Gasteiger partial charge in [0.15, 0.2) is 0 Å². The zero-order chi connectivity index (χ0) is 16.2. The minimum atomic E-state index is 0.237. The quantitative estimate of drug-likeness (QED) is 0.732. The van der Waals surface area contributed by atoms with E-state index in [1.807, 2.05) is 36.5 Å². The van der Waals surface area contributed by atoms with Gasteiger partial charge in [0.25, 0.3) is 0 Å². The van der Waals surface area contributed by atoms with Crippen molar-refractivity contribution in [1.82, 2.24) is 4.57 Å². The summed E-state index contributed by atoms with van der Waals surface area (Å²) in [4.78, 5) is 4.47. The van der Waals surface area contributed by atoms with Gasteiger partial charge < -0.3 is 14.4 Å². The fraction of sp³-hybridized carbons (Fsp3) is 0.105. The summed E-state index contributed by atoms with van der Waals surface area (Å²) in [6.45, 7) is 2.06. The van der Waals surface area contributed by atoms with E-state index in [1.54, 1.807) is 31.4 Å². The number of aryl methyl sites for hydroxylation is 1. The Labute approximate surface area is 135 Å². The normalized spacial score (nSPS) is 11.0. The van der Waals surface area contributed by atoms with E-state index < -0.39 is 0 Å². The van der Waals surface area contributed by atoms with Crippen molar-refractivity contribution in [2.75, 3.05) is 7.11 Å². The standard InChI is InChI=1S/C19H18N2O2/c1-14-3-6-17(13-20-15-4-9-18(22)10-5-15)21(14)16-7-11-19(23-2)12-8-16/h3-13,22H,1-2H3. The molecule has 1 heterocycles. The van der Waals surface area contributed by atoms with Gasteiger partial charge in [0, 0.05) is 11.4 Å². The highest BCUT2D eigenvalue weighted by Gasteiger charge is 2.06. The van der Waals surface area contributed by atoms with Crippen molar-refractivity contribution in [2.24, 2.45) is 4.99 Å². The van der Waals surface area contributed by atoms with Crippen LogP contribution in [0, 0.1) is 6.92 Å². The van der Waals surface area contributed by atoms with Gasteiger partial charge in [-0.05, 0) is 67.6 Å². The summed E-state index contributed by atoms with van der Waals surface area (Å²) >= 11 is 0. The molecule has 0 radical (unpaired) electrons. The zero-order valence-electron chi connectivity index (χ0n) is 13.1. The Balaban J connectivity index is 1.93. The van der Waals surface area contributed by atoms with E-state index in [2.05, 4.69) is 22.5 Å². The number of rotatable bonds is 4. The maximum atomic E-state index is 9.31. The number of nitrogens with zero attached hydrogens (tertiary/aromatic N) is 2. The zero-order valence-corrected chi connectivity index (χ0v) is 13.1. The first kappa shape index (κ1) is 14.9. The van der Waals surface area contributed by atoms with E-state index in [9.17, 15) is 5.11 Å². The molecule has 0 aliphatic carbocycles. The molecular weight excluding hydrogens is 288 g/mol. The van der Waals surface area contributed by atoms with Crippen molar-refractivity contribution in [3.63, 3.8) is 0 Å². The lowest BCUT2D eigenvalue weighted by atomic mass is 10.3. The van der Waals surface area contributed by atoms with E-state index in [4.69, 9.17) is 4.74 Å². The number of aliphatic imine (C=N–C) groups is 1. The molecule has 3 rings (SSSR count). The van der Waals surface area contributed by atoms with Crippen LogP contribution in [-0.2, 0) is 0 Å². The molecule has 0 bridgehead atoms. The number of methoxy groups -OCH3 is 1. The minimum absolute atomic E-state index is 0.237. The smallest absolute Gasteiger partial charge is 0.119 e. The maximum absolute atomic E-state index is 9.31. The lowest BCUT2D eigenvalue weighted by molar-refractivity contribution is 0.414. The summed E-state index contributed by atoms with van der Waals surface area (Å²) in [5, 5.41) is 9.31. The highest BCUT2D eigenvalue weighted by Crippen LogP contribution is 2.21. The van der Waals surface area contributed by atoms with Gasteiger partial charge in [0.1, 0.15) is 11.5 Å². The van der Waals surface area contributed by atoms with Crippen molar-refractivity contribution in [3.8, 4) is 17.2 Å². The van der Waals surface area contributed by atoms with Gasteiger partial charge in [-0.15, -0.1) is 0 Å². The number of hydrogen-bond donors (Lipinski definition) is 1. The Bertz CT molecular complexity index is 816. The predicted molar refractivity (Wildman–Crippen MR) is 92.4 cm³/mol. The number of hydrogen-bond acceptors (Lipinski definition) is 3. The maximum Gasteiger partial charge on any atom is 0.119 e. The van der Waals surface area contributed by atoms with E-state index in [1.165, 1.54) is 0 Å². The van der Waals surface area contributed by atoms with Crippen LogP contribution in [0.3, 0.4) is 0 Å². The topological polar surface area (TPSA) is 46.8 Å². The molecule has 23 heavy (non-hydrogen) atoms.